The number of amidine groups is 1. The number of ether oxygens (including phenoxy) is 2. The molecule has 1 aliphatic heterocycles. The smallest absolute Gasteiger partial charge is 0.153 e. The van der Waals surface area contributed by atoms with Gasteiger partial charge in [0.2, 0.25) is 0 Å². The molecule has 3 N–H and O–H groups in total. The first-order valence-corrected chi connectivity index (χ1v) is 6.24. The second-order valence-electron chi connectivity index (χ2n) is 4.31. The minimum Gasteiger partial charge on any atom is -0.409 e. The largest absolute Gasteiger partial charge is 0.409 e. The molecule has 18 heavy (non-hydrogen) atoms. The summed E-state index contributed by atoms with van der Waals surface area (Å²) < 4.78 is 10.3. The van der Waals surface area contributed by atoms with Gasteiger partial charge in [0.25, 0.3) is 0 Å². The minimum absolute atomic E-state index is 0.270. The van der Waals surface area contributed by atoms with Gasteiger partial charge < -0.3 is 20.4 Å². The second-order valence-corrected chi connectivity index (χ2v) is 4.31. The maximum Gasteiger partial charge on any atom is 0.153 e. The molecule has 0 spiro atoms. The Bertz CT molecular complexity index is 242. The Morgan fingerprint density at radius 2 is 1.83 bits per heavy atom. The topological polar surface area (TPSA) is 83.6 Å². The minimum atomic E-state index is 0.270. The molecule has 0 atom stereocenters. The zero-order chi connectivity index (χ0) is 13.2. The van der Waals surface area contributed by atoms with Gasteiger partial charge in [-0.1, -0.05) is 5.16 Å². The van der Waals surface area contributed by atoms with Gasteiger partial charge in [-0.2, -0.15) is 0 Å². The molecule has 0 aliphatic carbocycles. The maximum atomic E-state index is 8.50. The zero-order valence-electron chi connectivity index (χ0n) is 11.0. The van der Waals surface area contributed by atoms with Crippen LogP contribution in [0, 0.1) is 0 Å². The van der Waals surface area contributed by atoms with Crippen molar-refractivity contribution in [3.8, 4) is 0 Å². The summed E-state index contributed by atoms with van der Waals surface area (Å²) >= 11 is 0. The fraction of sp³-hybridized carbons (Fsp3) is 0.909. The highest BCUT2D eigenvalue weighted by atomic mass is 16.5. The van der Waals surface area contributed by atoms with Crippen molar-refractivity contribution in [2.45, 2.75) is 0 Å². The van der Waals surface area contributed by atoms with Crippen molar-refractivity contribution in [3.05, 3.63) is 0 Å². The summed E-state index contributed by atoms with van der Waals surface area (Å²) in [6.45, 7) is 7.38. The fourth-order valence-electron chi connectivity index (χ4n) is 1.87. The molecule has 7 nitrogen and oxygen atoms in total. The van der Waals surface area contributed by atoms with Crippen LogP contribution in [0.3, 0.4) is 0 Å². The predicted molar refractivity (Wildman–Crippen MR) is 69.0 cm³/mol. The quantitative estimate of drug-likeness (QED) is 0.192. The summed E-state index contributed by atoms with van der Waals surface area (Å²) in [5, 5.41) is 11.5. The SMILES string of the molecule is COCCOCCN1CCN(CC(N)=NO)CC1. The van der Waals surface area contributed by atoms with Crippen molar-refractivity contribution in [3.63, 3.8) is 0 Å². The van der Waals surface area contributed by atoms with Gasteiger partial charge in [-0.25, -0.2) is 0 Å². The molecular formula is C11H24N4O3. The molecule has 0 saturated carbocycles. The number of rotatable bonds is 8. The molecule has 0 bridgehead atoms. The van der Waals surface area contributed by atoms with Crippen LogP contribution in [0.15, 0.2) is 5.16 Å². The molecule has 0 aromatic rings. The molecular weight excluding hydrogens is 236 g/mol. The Morgan fingerprint density at radius 3 is 2.44 bits per heavy atom. The van der Waals surface area contributed by atoms with Crippen molar-refractivity contribution in [2.24, 2.45) is 10.9 Å². The Balaban J connectivity index is 2.04. The molecule has 1 saturated heterocycles. The highest BCUT2D eigenvalue weighted by Crippen LogP contribution is 2.00. The summed E-state index contributed by atoms with van der Waals surface area (Å²) in [5.74, 6) is 0.270. The van der Waals surface area contributed by atoms with Gasteiger partial charge in [0.15, 0.2) is 5.84 Å². The predicted octanol–water partition coefficient (Wildman–Crippen LogP) is -0.987. The van der Waals surface area contributed by atoms with Crippen LogP contribution in [0.2, 0.25) is 0 Å². The van der Waals surface area contributed by atoms with Crippen LogP contribution < -0.4 is 5.73 Å². The number of methoxy groups -OCH3 is 1. The molecule has 7 heteroatoms. The second kappa shape index (κ2) is 9.09. The average Bonchev–Trinajstić information content (AvgIpc) is 2.40. The number of nitrogens with zero attached hydrogens (tertiary/aromatic N) is 3. The molecule has 0 radical (unpaired) electrons. The van der Waals surface area contributed by atoms with Crippen molar-refractivity contribution >= 4 is 5.84 Å². The summed E-state index contributed by atoms with van der Waals surface area (Å²) in [4.78, 5) is 4.53. The van der Waals surface area contributed by atoms with Crippen LogP contribution in [0.1, 0.15) is 0 Å². The molecule has 1 aliphatic rings. The van der Waals surface area contributed by atoms with Gasteiger partial charge in [-0.15, -0.1) is 0 Å². The number of nitrogens with two attached hydrogens (primary N) is 1. The molecule has 0 aromatic carbocycles. The van der Waals surface area contributed by atoms with Gasteiger partial charge in [0, 0.05) is 39.8 Å². The van der Waals surface area contributed by atoms with Gasteiger partial charge in [0.05, 0.1) is 26.4 Å². The Labute approximate surface area is 108 Å². The molecule has 1 heterocycles. The van der Waals surface area contributed by atoms with E-state index < -0.39 is 0 Å². The maximum absolute atomic E-state index is 8.50. The van der Waals surface area contributed by atoms with Gasteiger partial charge in [-0.3, -0.25) is 9.80 Å². The van der Waals surface area contributed by atoms with Crippen LogP contribution in [0.5, 0.6) is 0 Å². The van der Waals surface area contributed by atoms with Crippen molar-refractivity contribution in [1.29, 1.82) is 0 Å². The van der Waals surface area contributed by atoms with Crippen LogP contribution in [0.25, 0.3) is 0 Å². The molecule has 106 valence electrons. The summed E-state index contributed by atoms with van der Waals surface area (Å²) in [5.41, 5.74) is 5.48. The fourth-order valence-corrected chi connectivity index (χ4v) is 1.87. The summed E-state index contributed by atoms with van der Waals surface area (Å²) in [7, 11) is 1.67. The van der Waals surface area contributed by atoms with E-state index in [0.29, 0.717) is 19.8 Å². The Hall–Kier alpha value is -0.890. The lowest BCUT2D eigenvalue weighted by molar-refractivity contribution is 0.0476. The molecule has 1 fully saturated rings. The third kappa shape index (κ3) is 6.15. The third-order valence-electron chi connectivity index (χ3n) is 2.96. The lowest BCUT2D eigenvalue weighted by Crippen LogP contribution is -2.49. The summed E-state index contributed by atoms with van der Waals surface area (Å²) in [6.07, 6.45) is 0. The van der Waals surface area contributed by atoms with Crippen LogP contribution >= 0.6 is 0 Å². The van der Waals surface area contributed by atoms with Crippen molar-refractivity contribution in [1.82, 2.24) is 9.80 Å². The van der Waals surface area contributed by atoms with Gasteiger partial charge >= 0.3 is 0 Å². The van der Waals surface area contributed by atoms with E-state index in [1.807, 2.05) is 0 Å². The van der Waals surface area contributed by atoms with Crippen LogP contribution in [-0.4, -0.2) is 87.0 Å². The van der Waals surface area contributed by atoms with E-state index >= 15 is 0 Å². The first-order valence-electron chi connectivity index (χ1n) is 6.24. The molecule has 0 amide bonds. The van der Waals surface area contributed by atoms with E-state index in [1.165, 1.54) is 0 Å². The monoisotopic (exact) mass is 260 g/mol. The highest BCUT2D eigenvalue weighted by Gasteiger charge is 2.17. The number of hydrogen-bond acceptors (Lipinski definition) is 6. The number of hydrogen-bond donors (Lipinski definition) is 2. The normalized spacial score (nSPS) is 19.3. The van der Waals surface area contributed by atoms with E-state index in [9.17, 15) is 0 Å². The Kier molecular flexibility index (Phi) is 7.66. The van der Waals surface area contributed by atoms with E-state index in [2.05, 4.69) is 15.0 Å². The standard InChI is InChI=1S/C11H24N4O3/c1-17-8-9-18-7-6-14-2-4-15(5-3-14)10-11(12)13-16/h16H,2-10H2,1H3,(H2,12,13). The van der Waals surface area contributed by atoms with E-state index in [-0.39, 0.29) is 5.84 Å². The first-order chi connectivity index (χ1) is 8.76. The van der Waals surface area contributed by atoms with E-state index in [1.54, 1.807) is 7.11 Å². The number of piperazine rings is 1. The third-order valence-corrected chi connectivity index (χ3v) is 2.96. The van der Waals surface area contributed by atoms with Gasteiger partial charge in [-0.05, 0) is 0 Å². The van der Waals surface area contributed by atoms with Crippen LogP contribution in [-0.2, 0) is 9.47 Å². The lowest BCUT2D eigenvalue weighted by atomic mass is 10.3. The molecule has 1 rings (SSSR count). The van der Waals surface area contributed by atoms with Gasteiger partial charge in [0.1, 0.15) is 0 Å². The van der Waals surface area contributed by atoms with E-state index in [0.717, 1.165) is 39.3 Å². The zero-order valence-corrected chi connectivity index (χ0v) is 11.0. The van der Waals surface area contributed by atoms with Crippen LogP contribution in [0.4, 0.5) is 0 Å². The lowest BCUT2D eigenvalue weighted by Gasteiger charge is -2.34. The molecule has 0 aromatic heterocycles. The summed E-state index contributed by atoms with van der Waals surface area (Å²) in [6, 6.07) is 0. The Morgan fingerprint density at radius 1 is 1.17 bits per heavy atom. The average molecular weight is 260 g/mol. The van der Waals surface area contributed by atoms with Crippen molar-refractivity contribution < 1.29 is 14.7 Å². The van der Waals surface area contributed by atoms with E-state index in [4.69, 9.17) is 20.4 Å². The first kappa shape index (κ1) is 15.2. The molecule has 0 unspecified atom stereocenters. The highest BCUT2D eigenvalue weighted by molar-refractivity contribution is 5.81. The van der Waals surface area contributed by atoms with Crippen molar-refractivity contribution in [2.75, 3.05) is 66.2 Å². The number of oxime groups is 1.